The Bertz CT molecular complexity index is 1300. The van der Waals surface area contributed by atoms with Crippen LogP contribution < -0.4 is 5.32 Å². The predicted molar refractivity (Wildman–Crippen MR) is 130 cm³/mol. The van der Waals surface area contributed by atoms with Gasteiger partial charge >= 0.3 is 5.97 Å². The minimum absolute atomic E-state index is 0.375. The first-order valence-corrected chi connectivity index (χ1v) is 11.3. The van der Waals surface area contributed by atoms with Crippen LogP contribution in [0.2, 0.25) is 0 Å². The fraction of sp³-hybridized carbons (Fsp3) is 0.259. The van der Waals surface area contributed by atoms with Gasteiger partial charge in [0.1, 0.15) is 12.2 Å². The van der Waals surface area contributed by atoms with E-state index in [1.807, 2.05) is 47.1 Å². The normalized spacial score (nSPS) is 17.2. The average Bonchev–Trinajstić information content (AvgIpc) is 3.30. The molecule has 0 fully saturated rings. The molecule has 4 aromatic rings. The third kappa shape index (κ3) is 4.40. The summed E-state index contributed by atoms with van der Waals surface area (Å²) in [5.74, 6) is -0.375. The SMILES string of the molecule is COCCO[C@@H]1c2ccn3cc(-c4cccc(C)c4)nc3c2NC[C@H]1OC(=O)c1ccccc1. The number of ether oxygens (including phenoxy) is 3. The molecule has 0 aliphatic carbocycles. The quantitative estimate of drug-likeness (QED) is 0.321. The van der Waals surface area contributed by atoms with E-state index in [-0.39, 0.29) is 5.97 Å². The van der Waals surface area contributed by atoms with E-state index in [0.717, 1.165) is 28.2 Å². The summed E-state index contributed by atoms with van der Waals surface area (Å²) in [6.07, 6.45) is 3.05. The number of nitrogens with zero attached hydrogens (tertiary/aromatic N) is 2. The Morgan fingerprint density at radius 2 is 1.97 bits per heavy atom. The molecule has 174 valence electrons. The van der Waals surface area contributed by atoms with Crippen molar-refractivity contribution in [2.24, 2.45) is 0 Å². The second-order valence-electron chi connectivity index (χ2n) is 8.35. The van der Waals surface area contributed by atoms with E-state index in [0.29, 0.717) is 25.3 Å². The molecule has 5 rings (SSSR count). The number of methoxy groups -OCH3 is 1. The summed E-state index contributed by atoms with van der Waals surface area (Å²) in [6.45, 7) is 3.31. The van der Waals surface area contributed by atoms with Gasteiger partial charge in [0.15, 0.2) is 5.65 Å². The van der Waals surface area contributed by atoms with Gasteiger partial charge in [-0.2, -0.15) is 0 Å². The fourth-order valence-corrected chi connectivity index (χ4v) is 4.28. The maximum Gasteiger partial charge on any atom is 0.338 e. The van der Waals surface area contributed by atoms with Gasteiger partial charge in [0.2, 0.25) is 0 Å². The van der Waals surface area contributed by atoms with Crippen molar-refractivity contribution in [1.29, 1.82) is 0 Å². The third-order valence-corrected chi connectivity index (χ3v) is 5.95. The lowest BCUT2D eigenvalue weighted by Crippen LogP contribution is -2.38. The zero-order valence-corrected chi connectivity index (χ0v) is 19.2. The zero-order valence-electron chi connectivity index (χ0n) is 19.2. The van der Waals surface area contributed by atoms with Crippen LogP contribution in [0.5, 0.6) is 0 Å². The van der Waals surface area contributed by atoms with Crippen LogP contribution in [0.15, 0.2) is 73.1 Å². The summed E-state index contributed by atoms with van der Waals surface area (Å²) in [4.78, 5) is 17.7. The summed E-state index contributed by atoms with van der Waals surface area (Å²) < 4.78 is 19.2. The van der Waals surface area contributed by atoms with Crippen molar-refractivity contribution in [2.75, 3.05) is 32.2 Å². The number of esters is 1. The molecule has 0 bridgehead atoms. The molecule has 0 saturated heterocycles. The number of fused-ring (bicyclic) bond motifs is 3. The van der Waals surface area contributed by atoms with Crippen molar-refractivity contribution >= 4 is 17.3 Å². The number of nitrogens with one attached hydrogen (secondary N) is 1. The highest BCUT2D eigenvalue weighted by Crippen LogP contribution is 2.37. The fourth-order valence-electron chi connectivity index (χ4n) is 4.28. The van der Waals surface area contributed by atoms with E-state index in [9.17, 15) is 4.79 Å². The third-order valence-electron chi connectivity index (χ3n) is 5.95. The molecule has 2 atom stereocenters. The molecule has 2 aromatic carbocycles. The van der Waals surface area contributed by atoms with E-state index < -0.39 is 12.2 Å². The summed E-state index contributed by atoms with van der Waals surface area (Å²) in [6, 6.07) is 19.3. The lowest BCUT2D eigenvalue weighted by molar-refractivity contribution is -0.0625. The number of benzene rings is 2. The molecule has 0 unspecified atom stereocenters. The Hall–Kier alpha value is -3.68. The topological polar surface area (TPSA) is 74.1 Å². The number of aromatic nitrogens is 2. The van der Waals surface area contributed by atoms with Crippen molar-refractivity contribution in [3.8, 4) is 11.3 Å². The smallest absolute Gasteiger partial charge is 0.338 e. The Morgan fingerprint density at radius 1 is 1.12 bits per heavy atom. The number of carbonyl (C=O) groups excluding carboxylic acids is 1. The van der Waals surface area contributed by atoms with Crippen LogP contribution >= 0.6 is 0 Å². The Balaban J connectivity index is 1.48. The minimum atomic E-state index is -0.495. The molecule has 0 amide bonds. The van der Waals surface area contributed by atoms with Crippen LogP contribution in [0.1, 0.15) is 27.6 Å². The van der Waals surface area contributed by atoms with E-state index in [1.165, 1.54) is 5.56 Å². The molecule has 7 heteroatoms. The van der Waals surface area contributed by atoms with E-state index in [4.69, 9.17) is 19.2 Å². The lowest BCUT2D eigenvalue weighted by atomic mass is 9.99. The Morgan fingerprint density at radius 3 is 2.76 bits per heavy atom. The molecule has 0 radical (unpaired) electrons. The Kier molecular flexibility index (Phi) is 6.29. The first-order chi connectivity index (χ1) is 16.6. The highest BCUT2D eigenvalue weighted by Gasteiger charge is 2.35. The summed E-state index contributed by atoms with van der Waals surface area (Å²) in [5.41, 5.74) is 6.25. The molecule has 7 nitrogen and oxygen atoms in total. The highest BCUT2D eigenvalue weighted by atomic mass is 16.6. The molecule has 0 saturated carbocycles. The number of hydrogen-bond donors (Lipinski definition) is 1. The number of anilines is 1. The molecular weight excluding hydrogens is 430 g/mol. The predicted octanol–water partition coefficient (Wildman–Crippen LogP) is 4.66. The number of carbonyl (C=O) groups is 1. The number of rotatable bonds is 7. The maximum atomic E-state index is 12.8. The largest absolute Gasteiger partial charge is 0.454 e. The monoisotopic (exact) mass is 457 g/mol. The van der Waals surface area contributed by atoms with E-state index in [1.54, 1.807) is 19.2 Å². The average molecular weight is 458 g/mol. The van der Waals surface area contributed by atoms with Gasteiger partial charge in [0.25, 0.3) is 0 Å². The second kappa shape index (κ2) is 9.67. The number of aryl methyl sites for hydroxylation is 1. The van der Waals surface area contributed by atoms with E-state index in [2.05, 4.69) is 30.4 Å². The summed E-state index contributed by atoms with van der Waals surface area (Å²) in [5, 5.41) is 3.44. The first kappa shape index (κ1) is 22.1. The maximum absolute atomic E-state index is 12.8. The van der Waals surface area contributed by atoms with E-state index >= 15 is 0 Å². The van der Waals surface area contributed by atoms with Crippen LogP contribution in [-0.2, 0) is 14.2 Å². The van der Waals surface area contributed by atoms with Crippen molar-refractivity contribution in [3.05, 3.63) is 89.7 Å². The van der Waals surface area contributed by atoms with Crippen LogP contribution in [0, 0.1) is 6.92 Å². The van der Waals surface area contributed by atoms with Gasteiger partial charge in [-0.05, 0) is 31.2 Å². The summed E-state index contributed by atoms with van der Waals surface area (Å²) >= 11 is 0. The van der Waals surface area contributed by atoms with Crippen LogP contribution in [-0.4, -0.2) is 48.3 Å². The molecule has 1 N–H and O–H groups in total. The van der Waals surface area contributed by atoms with Gasteiger partial charge in [0, 0.05) is 30.6 Å². The zero-order chi connectivity index (χ0) is 23.5. The van der Waals surface area contributed by atoms with Gasteiger partial charge in [-0.3, -0.25) is 0 Å². The second-order valence-corrected chi connectivity index (χ2v) is 8.35. The van der Waals surface area contributed by atoms with Gasteiger partial charge in [-0.25, -0.2) is 9.78 Å². The van der Waals surface area contributed by atoms with Crippen molar-refractivity contribution < 1.29 is 19.0 Å². The number of imidazole rings is 1. The molecule has 0 spiro atoms. The molecule has 1 aliphatic heterocycles. The first-order valence-electron chi connectivity index (χ1n) is 11.3. The molecule has 34 heavy (non-hydrogen) atoms. The molecule has 2 aromatic heterocycles. The lowest BCUT2D eigenvalue weighted by Gasteiger charge is -2.34. The van der Waals surface area contributed by atoms with Crippen molar-refractivity contribution in [3.63, 3.8) is 0 Å². The minimum Gasteiger partial charge on any atom is -0.454 e. The molecule has 1 aliphatic rings. The number of pyridine rings is 1. The molecule has 3 heterocycles. The standard InChI is InChI=1S/C27H27N3O4/c1-18-7-6-10-20(15-18)22-17-30-12-11-21-24(26(30)29-22)28-16-23(25(21)33-14-13-32-2)34-27(31)19-8-4-3-5-9-19/h3-12,15,17,23,25,28H,13-14,16H2,1-2H3/t23-,25-/m1/s1. The Labute approximate surface area is 198 Å². The van der Waals surface area contributed by atoms with Gasteiger partial charge in [0.05, 0.1) is 36.7 Å². The van der Waals surface area contributed by atoms with Crippen molar-refractivity contribution in [1.82, 2.24) is 9.38 Å². The van der Waals surface area contributed by atoms with Gasteiger partial charge in [-0.15, -0.1) is 0 Å². The van der Waals surface area contributed by atoms with Crippen LogP contribution in [0.25, 0.3) is 16.9 Å². The summed E-state index contributed by atoms with van der Waals surface area (Å²) in [7, 11) is 1.63. The van der Waals surface area contributed by atoms with Gasteiger partial charge in [-0.1, -0.05) is 42.0 Å². The van der Waals surface area contributed by atoms with Crippen molar-refractivity contribution in [2.45, 2.75) is 19.1 Å². The number of hydrogen-bond acceptors (Lipinski definition) is 6. The highest BCUT2D eigenvalue weighted by molar-refractivity contribution is 5.89. The van der Waals surface area contributed by atoms with Crippen LogP contribution in [0.3, 0.4) is 0 Å². The van der Waals surface area contributed by atoms with Crippen LogP contribution in [0.4, 0.5) is 5.69 Å². The molecular formula is C27H27N3O4. The van der Waals surface area contributed by atoms with Gasteiger partial charge < -0.3 is 23.9 Å².